The minimum absolute atomic E-state index is 0.329. The Morgan fingerprint density at radius 3 is 2.52 bits per heavy atom. The number of aryl methyl sites for hydroxylation is 2. The van der Waals surface area contributed by atoms with Gasteiger partial charge in [0.15, 0.2) is 6.10 Å². The van der Waals surface area contributed by atoms with Gasteiger partial charge in [0.25, 0.3) is 5.91 Å². The van der Waals surface area contributed by atoms with E-state index in [-0.39, 0.29) is 5.91 Å². The van der Waals surface area contributed by atoms with Gasteiger partial charge in [0.05, 0.1) is 0 Å². The number of carbonyl (C=O) groups excluding carboxylic acids is 3. The van der Waals surface area contributed by atoms with E-state index in [4.69, 9.17) is 4.74 Å². The summed E-state index contributed by atoms with van der Waals surface area (Å²) in [6, 6.07) is 5.06. The monoisotopic (exact) mass is 318 g/mol. The van der Waals surface area contributed by atoms with Gasteiger partial charge in [-0.3, -0.25) is 9.59 Å². The average molecular weight is 318 g/mol. The molecule has 23 heavy (non-hydrogen) atoms. The molecule has 1 aromatic rings. The van der Waals surface area contributed by atoms with Crippen molar-refractivity contribution in [3.8, 4) is 0 Å². The number of hydrogen-bond donors (Lipinski definition) is 2. The number of nitrogens with one attached hydrogen (secondary N) is 2. The molecule has 0 aliphatic heterocycles. The Morgan fingerprint density at radius 1 is 1.13 bits per heavy atom. The van der Waals surface area contributed by atoms with Crippen LogP contribution in [0.2, 0.25) is 0 Å². The number of esters is 1. The first-order chi connectivity index (χ1) is 10.9. The lowest BCUT2D eigenvalue weighted by molar-refractivity contribution is -0.155. The highest BCUT2D eigenvalue weighted by Gasteiger charge is 2.22. The molecule has 0 saturated carbocycles. The quantitative estimate of drug-likeness (QED) is 0.807. The number of benzene rings is 1. The van der Waals surface area contributed by atoms with Crippen LogP contribution in [0.15, 0.2) is 18.2 Å². The third-order valence-electron chi connectivity index (χ3n) is 3.80. The fourth-order valence-electron chi connectivity index (χ4n) is 2.59. The summed E-state index contributed by atoms with van der Waals surface area (Å²) in [6.45, 7) is 4.32. The molecule has 0 fully saturated rings. The number of ether oxygens (including phenoxy) is 1. The van der Waals surface area contributed by atoms with E-state index in [0.29, 0.717) is 5.69 Å². The zero-order chi connectivity index (χ0) is 17.0. The molecule has 0 bridgehead atoms. The number of anilines is 1. The molecule has 124 valence electrons. The molecule has 1 aliphatic rings. The maximum absolute atomic E-state index is 12.1. The van der Waals surface area contributed by atoms with Gasteiger partial charge in [0.1, 0.15) is 6.04 Å². The van der Waals surface area contributed by atoms with Crippen LogP contribution >= 0.6 is 0 Å². The molecule has 1 aliphatic carbocycles. The first-order valence-corrected chi connectivity index (χ1v) is 7.77. The molecule has 0 radical (unpaired) electrons. The van der Waals surface area contributed by atoms with Crippen LogP contribution in [0, 0.1) is 0 Å². The number of amides is 2. The normalized spacial score (nSPS) is 15.3. The summed E-state index contributed by atoms with van der Waals surface area (Å²) in [5, 5.41) is 5.17. The smallest absolute Gasteiger partial charge is 0.329 e. The Kier molecular flexibility index (Phi) is 5.36. The summed E-state index contributed by atoms with van der Waals surface area (Å²) < 4.78 is 5.07. The number of hydrogen-bond acceptors (Lipinski definition) is 4. The molecular weight excluding hydrogens is 296 g/mol. The summed E-state index contributed by atoms with van der Waals surface area (Å²) >= 11 is 0. The van der Waals surface area contributed by atoms with E-state index in [1.807, 2.05) is 18.2 Å². The summed E-state index contributed by atoms with van der Waals surface area (Å²) in [5.74, 6) is -1.37. The third-order valence-corrected chi connectivity index (χ3v) is 3.80. The van der Waals surface area contributed by atoms with Crippen molar-refractivity contribution in [3.63, 3.8) is 0 Å². The van der Waals surface area contributed by atoms with E-state index in [0.717, 1.165) is 19.3 Å². The molecule has 2 rings (SSSR count). The van der Waals surface area contributed by atoms with E-state index in [2.05, 4.69) is 10.6 Å². The van der Waals surface area contributed by atoms with Crippen molar-refractivity contribution in [1.29, 1.82) is 0 Å². The Hall–Kier alpha value is -2.37. The third kappa shape index (κ3) is 4.55. The zero-order valence-corrected chi connectivity index (χ0v) is 13.6. The van der Waals surface area contributed by atoms with Crippen molar-refractivity contribution in [2.45, 2.75) is 52.2 Å². The molecule has 2 N–H and O–H groups in total. The van der Waals surface area contributed by atoms with E-state index < -0.39 is 24.0 Å². The van der Waals surface area contributed by atoms with Crippen molar-refractivity contribution in [1.82, 2.24) is 5.32 Å². The second-order valence-corrected chi connectivity index (χ2v) is 5.83. The molecule has 6 heteroatoms. The summed E-state index contributed by atoms with van der Waals surface area (Å²) in [6.07, 6.45) is 2.31. The summed E-state index contributed by atoms with van der Waals surface area (Å²) in [5.41, 5.74) is 3.28. The van der Waals surface area contributed by atoms with Crippen molar-refractivity contribution < 1.29 is 19.1 Å². The standard InChI is InChI=1S/C17H22N2O4/c1-10(18-12(3)20)17(22)23-11(2)16(21)19-15-8-7-13-5-4-6-14(13)9-15/h7-11H,4-6H2,1-3H3,(H,18,20)(H,19,21)/t10-,11-/m0/s1. The zero-order valence-electron chi connectivity index (χ0n) is 13.6. The Balaban J connectivity index is 1.90. The molecule has 0 spiro atoms. The van der Waals surface area contributed by atoms with Gasteiger partial charge >= 0.3 is 5.97 Å². The molecule has 6 nitrogen and oxygen atoms in total. The molecule has 0 saturated heterocycles. The lowest BCUT2D eigenvalue weighted by Crippen LogP contribution is -2.41. The molecule has 1 aromatic carbocycles. The van der Waals surface area contributed by atoms with Gasteiger partial charge in [-0.05, 0) is 56.4 Å². The van der Waals surface area contributed by atoms with Gasteiger partial charge in [0, 0.05) is 12.6 Å². The van der Waals surface area contributed by atoms with E-state index >= 15 is 0 Å². The Bertz CT molecular complexity index is 627. The number of carbonyl (C=O) groups is 3. The Labute approximate surface area is 135 Å². The molecule has 0 heterocycles. The maximum Gasteiger partial charge on any atom is 0.329 e. The van der Waals surface area contributed by atoms with Crippen molar-refractivity contribution in [3.05, 3.63) is 29.3 Å². The van der Waals surface area contributed by atoms with Crippen LogP contribution in [-0.2, 0) is 32.0 Å². The lowest BCUT2D eigenvalue weighted by Gasteiger charge is -2.17. The topological polar surface area (TPSA) is 84.5 Å². The van der Waals surface area contributed by atoms with Gasteiger partial charge in [-0.2, -0.15) is 0 Å². The van der Waals surface area contributed by atoms with E-state index in [9.17, 15) is 14.4 Å². The highest BCUT2D eigenvalue weighted by Crippen LogP contribution is 2.24. The largest absolute Gasteiger partial charge is 0.451 e. The molecule has 2 amide bonds. The van der Waals surface area contributed by atoms with Crippen molar-refractivity contribution in [2.75, 3.05) is 5.32 Å². The minimum atomic E-state index is -0.938. The summed E-state index contributed by atoms with van der Waals surface area (Å²) in [7, 11) is 0. The van der Waals surface area contributed by atoms with Crippen LogP contribution in [0.25, 0.3) is 0 Å². The lowest BCUT2D eigenvalue weighted by atomic mass is 10.1. The van der Waals surface area contributed by atoms with Crippen LogP contribution in [0.4, 0.5) is 5.69 Å². The molecule has 2 atom stereocenters. The van der Waals surface area contributed by atoms with Gasteiger partial charge in [-0.25, -0.2) is 4.79 Å². The average Bonchev–Trinajstić information content (AvgIpc) is 2.93. The first kappa shape index (κ1) is 17.0. The van der Waals surface area contributed by atoms with Crippen molar-refractivity contribution in [2.24, 2.45) is 0 Å². The van der Waals surface area contributed by atoms with E-state index in [1.165, 1.54) is 31.9 Å². The van der Waals surface area contributed by atoms with Gasteiger partial charge < -0.3 is 15.4 Å². The number of rotatable bonds is 5. The fraction of sp³-hybridized carbons (Fsp3) is 0.471. The van der Waals surface area contributed by atoms with Crippen LogP contribution in [0.3, 0.4) is 0 Å². The van der Waals surface area contributed by atoms with Crippen LogP contribution < -0.4 is 10.6 Å². The molecule has 0 aromatic heterocycles. The summed E-state index contributed by atoms with van der Waals surface area (Å²) in [4.78, 5) is 34.8. The van der Waals surface area contributed by atoms with E-state index in [1.54, 1.807) is 0 Å². The minimum Gasteiger partial charge on any atom is -0.451 e. The predicted octanol–water partition coefficient (Wildman–Crippen LogP) is 1.57. The van der Waals surface area contributed by atoms with Gasteiger partial charge in [-0.15, -0.1) is 0 Å². The fourth-order valence-corrected chi connectivity index (χ4v) is 2.59. The van der Waals surface area contributed by atoms with Gasteiger partial charge in [0.2, 0.25) is 5.91 Å². The van der Waals surface area contributed by atoms with Crippen LogP contribution in [0.5, 0.6) is 0 Å². The maximum atomic E-state index is 12.1. The first-order valence-electron chi connectivity index (χ1n) is 7.77. The SMILES string of the molecule is CC(=O)N[C@@H](C)C(=O)O[C@@H](C)C(=O)Nc1ccc2c(c1)CCC2. The highest BCUT2D eigenvalue weighted by molar-refractivity contribution is 5.95. The van der Waals surface area contributed by atoms with Gasteiger partial charge in [-0.1, -0.05) is 6.07 Å². The molecule has 0 unspecified atom stereocenters. The van der Waals surface area contributed by atoms with Crippen LogP contribution in [0.1, 0.15) is 38.3 Å². The Morgan fingerprint density at radius 2 is 1.83 bits per heavy atom. The van der Waals surface area contributed by atoms with Crippen molar-refractivity contribution >= 4 is 23.5 Å². The number of fused-ring (bicyclic) bond motifs is 1. The highest BCUT2D eigenvalue weighted by atomic mass is 16.5. The second kappa shape index (κ2) is 7.26. The second-order valence-electron chi connectivity index (χ2n) is 5.83. The van der Waals surface area contributed by atoms with Crippen LogP contribution in [-0.4, -0.2) is 29.9 Å². The predicted molar refractivity (Wildman–Crippen MR) is 85.9 cm³/mol. The molecular formula is C17H22N2O4.